The summed E-state index contributed by atoms with van der Waals surface area (Å²) in [5.41, 5.74) is -0.976. The Hall–Kier alpha value is -2.22. The predicted octanol–water partition coefficient (Wildman–Crippen LogP) is 7.16. The van der Waals surface area contributed by atoms with Crippen molar-refractivity contribution in [3.63, 3.8) is 0 Å². The van der Waals surface area contributed by atoms with Crippen molar-refractivity contribution in [3.05, 3.63) is 23.3 Å². The van der Waals surface area contributed by atoms with Gasteiger partial charge in [-0.05, 0) is 97.9 Å². The molecule has 0 spiro atoms. The molecule has 5 heteroatoms. The fourth-order valence-electron chi connectivity index (χ4n) is 10.6. The largest absolute Gasteiger partial charge is 0.465 e. The van der Waals surface area contributed by atoms with E-state index < -0.39 is 16.2 Å². The number of nitrogens with zero attached hydrogens (tertiary/aromatic N) is 1. The third-order valence-electron chi connectivity index (χ3n) is 13.4. The van der Waals surface area contributed by atoms with Gasteiger partial charge in [0, 0.05) is 16.7 Å². The van der Waals surface area contributed by atoms with Crippen molar-refractivity contribution in [2.75, 3.05) is 6.61 Å². The van der Waals surface area contributed by atoms with E-state index in [1.807, 2.05) is 26.0 Å². The average Bonchev–Trinajstić information content (AvgIpc) is 3.70. The summed E-state index contributed by atoms with van der Waals surface area (Å²) in [5, 5.41) is 9.92. The van der Waals surface area contributed by atoms with Gasteiger partial charge in [-0.1, -0.05) is 60.1 Å². The van der Waals surface area contributed by atoms with Crippen molar-refractivity contribution in [2.45, 2.75) is 106 Å². The number of carbonyl (C=O) groups excluding carboxylic acids is 3. The van der Waals surface area contributed by atoms with E-state index in [0.717, 1.165) is 63.4 Å². The van der Waals surface area contributed by atoms with Crippen LogP contribution in [0.1, 0.15) is 106 Å². The van der Waals surface area contributed by atoms with E-state index in [9.17, 15) is 19.6 Å². The van der Waals surface area contributed by atoms with Crippen molar-refractivity contribution >= 4 is 17.5 Å². The van der Waals surface area contributed by atoms with Crippen LogP contribution in [0.3, 0.4) is 0 Å². The molecular formula is C35H47NO4. The minimum Gasteiger partial charge on any atom is -0.465 e. The van der Waals surface area contributed by atoms with E-state index in [0.29, 0.717) is 12.5 Å². The number of hydrogen-bond acceptors (Lipinski definition) is 5. The number of rotatable bonds is 3. The maximum Gasteiger partial charge on any atom is 0.312 e. The molecule has 0 saturated heterocycles. The summed E-state index contributed by atoms with van der Waals surface area (Å²) < 4.78 is 6.02. The van der Waals surface area contributed by atoms with Gasteiger partial charge in [0.2, 0.25) is 0 Å². The van der Waals surface area contributed by atoms with E-state index in [1.165, 1.54) is 0 Å². The van der Waals surface area contributed by atoms with E-state index in [-0.39, 0.29) is 57.1 Å². The van der Waals surface area contributed by atoms with Crippen molar-refractivity contribution in [2.24, 2.45) is 56.2 Å². The van der Waals surface area contributed by atoms with Crippen LogP contribution in [0, 0.1) is 67.5 Å². The lowest BCUT2D eigenvalue weighted by molar-refractivity contribution is -0.193. The molecule has 0 aromatic carbocycles. The third kappa shape index (κ3) is 3.53. The van der Waals surface area contributed by atoms with Gasteiger partial charge in [0.15, 0.2) is 11.6 Å². The molecule has 0 radical (unpaired) electrons. The number of hydrogen-bond donors (Lipinski definition) is 0. The first-order valence-corrected chi connectivity index (χ1v) is 15.7. The van der Waals surface area contributed by atoms with Crippen molar-refractivity contribution in [1.29, 1.82) is 5.26 Å². The number of carbonyl (C=O) groups is 3. The molecule has 0 aromatic heterocycles. The molecule has 2 unspecified atom stereocenters. The number of Topliss-reactive ketones (excluding diaryl/α,β-unsaturated/α-hetero) is 1. The lowest BCUT2D eigenvalue weighted by atomic mass is 9.34. The van der Waals surface area contributed by atoms with Gasteiger partial charge in [0.05, 0.1) is 17.6 Å². The van der Waals surface area contributed by atoms with Crippen molar-refractivity contribution in [3.8, 4) is 6.07 Å². The van der Waals surface area contributed by atoms with E-state index in [1.54, 1.807) is 0 Å². The second-order valence-electron chi connectivity index (χ2n) is 16.5. The summed E-state index contributed by atoms with van der Waals surface area (Å²) in [6.07, 6.45) is 12.1. The topological polar surface area (TPSA) is 84.2 Å². The lowest BCUT2D eigenvalue weighted by Crippen LogP contribution is -2.66. The van der Waals surface area contributed by atoms with Gasteiger partial charge in [-0.2, -0.15) is 5.26 Å². The van der Waals surface area contributed by atoms with E-state index in [2.05, 4.69) is 40.7 Å². The first-order chi connectivity index (χ1) is 18.6. The van der Waals surface area contributed by atoms with Gasteiger partial charge in [0.1, 0.15) is 6.07 Å². The Morgan fingerprint density at radius 1 is 0.975 bits per heavy atom. The first kappa shape index (κ1) is 27.9. The summed E-state index contributed by atoms with van der Waals surface area (Å²) in [5.74, 6) is 0.280. The lowest BCUT2D eigenvalue weighted by Gasteiger charge is -2.68. The molecule has 4 saturated carbocycles. The Bertz CT molecular complexity index is 1290. The van der Waals surface area contributed by atoms with Gasteiger partial charge in [-0.15, -0.1) is 0 Å². The molecule has 0 amide bonds. The molecule has 6 aliphatic rings. The summed E-state index contributed by atoms with van der Waals surface area (Å²) in [6.45, 7) is 15.9. The standard InChI is InChI=1S/C35H47NO4/c1-30(2)12-14-35(29(39)40-20-21-8-9-21)15-13-34(7)27(23(35)18-30)24(37)16-26-32(5)17-22(19-36)28(38)31(3,4)25(32)10-11-33(26,34)6/h16-17,21,23,25,27H,8-15,18,20H2,1-7H3/t23?,25-,27?,32-,33+,34+,35-/m0/s1. The summed E-state index contributed by atoms with van der Waals surface area (Å²) in [6, 6.07) is 2.19. The zero-order chi connectivity index (χ0) is 29.1. The van der Waals surface area contributed by atoms with E-state index >= 15 is 0 Å². The molecule has 7 atom stereocenters. The Balaban J connectivity index is 1.47. The second kappa shape index (κ2) is 8.42. The van der Waals surface area contributed by atoms with Crippen molar-refractivity contribution in [1.82, 2.24) is 0 Å². The monoisotopic (exact) mass is 545 g/mol. The Morgan fingerprint density at radius 2 is 1.65 bits per heavy atom. The minimum absolute atomic E-state index is 0.0329. The van der Waals surface area contributed by atoms with Crippen LogP contribution in [0.5, 0.6) is 0 Å². The SMILES string of the molecule is CC1(C)CC[C@]2(C(=O)OCC3CC3)CC[C@]3(C)C(C(=O)C=C4[C@@]5(C)C=C(C#N)C(=O)C(C)(C)[C@@H]5CC[C@]43C)C2C1. The van der Waals surface area contributed by atoms with Gasteiger partial charge in [0.25, 0.3) is 0 Å². The van der Waals surface area contributed by atoms with Gasteiger partial charge in [-0.25, -0.2) is 0 Å². The minimum atomic E-state index is -0.669. The van der Waals surface area contributed by atoms with Crippen LogP contribution in [0.4, 0.5) is 0 Å². The number of allylic oxidation sites excluding steroid dienone is 4. The van der Waals surface area contributed by atoms with Crippen LogP contribution in [-0.4, -0.2) is 24.1 Å². The molecule has 6 aliphatic carbocycles. The molecular weight excluding hydrogens is 498 g/mol. The van der Waals surface area contributed by atoms with Crippen LogP contribution in [0.2, 0.25) is 0 Å². The van der Waals surface area contributed by atoms with E-state index in [4.69, 9.17) is 4.74 Å². The van der Waals surface area contributed by atoms with Gasteiger partial charge < -0.3 is 4.74 Å². The van der Waals surface area contributed by atoms with Crippen LogP contribution < -0.4 is 0 Å². The molecule has 0 N–H and O–H groups in total. The summed E-state index contributed by atoms with van der Waals surface area (Å²) in [7, 11) is 0. The average molecular weight is 546 g/mol. The molecule has 6 rings (SSSR count). The maximum absolute atomic E-state index is 14.5. The molecule has 0 heterocycles. The number of ketones is 2. The number of ether oxygens (including phenoxy) is 1. The molecule has 40 heavy (non-hydrogen) atoms. The molecule has 0 aromatic rings. The molecule has 4 fully saturated rings. The first-order valence-electron chi connectivity index (χ1n) is 15.7. The van der Waals surface area contributed by atoms with Crippen LogP contribution in [0.25, 0.3) is 0 Å². The normalized spacial score (nSPS) is 45.0. The van der Waals surface area contributed by atoms with Gasteiger partial charge >= 0.3 is 5.97 Å². The fraction of sp³-hybridized carbons (Fsp3) is 0.771. The van der Waals surface area contributed by atoms with Crippen LogP contribution in [0.15, 0.2) is 23.3 Å². The highest BCUT2D eigenvalue weighted by Crippen LogP contribution is 2.74. The Morgan fingerprint density at radius 3 is 2.30 bits per heavy atom. The Kier molecular flexibility index (Phi) is 5.88. The predicted molar refractivity (Wildman–Crippen MR) is 153 cm³/mol. The zero-order valence-electron chi connectivity index (χ0n) is 25.6. The van der Waals surface area contributed by atoms with Gasteiger partial charge in [-0.3, -0.25) is 14.4 Å². The van der Waals surface area contributed by atoms with Crippen LogP contribution in [-0.2, 0) is 19.1 Å². The fourth-order valence-corrected chi connectivity index (χ4v) is 10.6. The van der Waals surface area contributed by atoms with Crippen LogP contribution >= 0.6 is 0 Å². The highest BCUT2D eigenvalue weighted by atomic mass is 16.5. The highest BCUT2D eigenvalue weighted by Gasteiger charge is 2.71. The molecule has 0 aliphatic heterocycles. The summed E-state index contributed by atoms with van der Waals surface area (Å²) in [4.78, 5) is 41.8. The second-order valence-corrected chi connectivity index (χ2v) is 16.5. The molecule has 216 valence electrons. The Labute approximate surface area is 240 Å². The third-order valence-corrected chi connectivity index (χ3v) is 13.4. The van der Waals surface area contributed by atoms with Crippen molar-refractivity contribution < 1.29 is 19.1 Å². The highest BCUT2D eigenvalue weighted by molar-refractivity contribution is 6.04. The number of nitriles is 1. The molecule has 0 bridgehead atoms. The molecule has 5 nitrogen and oxygen atoms in total. The number of esters is 1. The quantitative estimate of drug-likeness (QED) is 0.351. The number of fused-ring (bicyclic) bond motifs is 7. The smallest absolute Gasteiger partial charge is 0.312 e. The zero-order valence-corrected chi connectivity index (χ0v) is 25.6. The summed E-state index contributed by atoms with van der Waals surface area (Å²) >= 11 is 0. The maximum atomic E-state index is 14.5.